The van der Waals surface area contributed by atoms with Crippen LogP contribution in [0.25, 0.3) is 11.0 Å². The number of hydrogen-bond acceptors (Lipinski definition) is 3. The fraction of sp³-hybridized carbons (Fsp3) is 0.500. The van der Waals surface area contributed by atoms with Crippen molar-refractivity contribution in [3.05, 3.63) is 36.1 Å². The van der Waals surface area contributed by atoms with Crippen LogP contribution in [0.1, 0.15) is 30.8 Å². The minimum atomic E-state index is -0.0169. The number of ether oxygens (including phenoxy) is 1. The lowest BCUT2D eigenvalue weighted by Crippen LogP contribution is -2.38. The zero-order valence-corrected chi connectivity index (χ0v) is 13.2. The molecule has 2 heterocycles. The van der Waals surface area contributed by atoms with Crippen molar-refractivity contribution in [3.8, 4) is 0 Å². The molecule has 2 aromatic rings. The molecule has 0 unspecified atom stereocenters. The molecule has 22 heavy (non-hydrogen) atoms. The van der Waals surface area contributed by atoms with Crippen molar-refractivity contribution in [1.82, 2.24) is 4.90 Å². The molecular formula is C18H23NO3. The van der Waals surface area contributed by atoms with E-state index in [-0.39, 0.29) is 5.91 Å². The van der Waals surface area contributed by atoms with E-state index in [1.54, 1.807) is 0 Å². The maximum atomic E-state index is 12.8. The fourth-order valence-corrected chi connectivity index (χ4v) is 2.96. The molecule has 0 aliphatic carbocycles. The van der Waals surface area contributed by atoms with Crippen LogP contribution < -0.4 is 0 Å². The van der Waals surface area contributed by atoms with Crippen molar-refractivity contribution in [3.63, 3.8) is 0 Å². The van der Waals surface area contributed by atoms with Gasteiger partial charge in [0.2, 0.25) is 0 Å². The van der Waals surface area contributed by atoms with Gasteiger partial charge in [-0.25, -0.2) is 0 Å². The second-order valence-electron chi connectivity index (χ2n) is 6.48. The SMILES string of the molecule is CC(C)CN(C[C@@H]1CCOC1)C(=O)c1cc2ccccc2o1. The first-order chi connectivity index (χ1) is 10.6. The minimum Gasteiger partial charge on any atom is -0.451 e. The molecular weight excluding hydrogens is 278 g/mol. The van der Waals surface area contributed by atoms with Crippen molar-refractivity contribution in [2.24, 2.45) is 11.8 Å². The highest BCUT2D eigenvalue weighted by atomic mass is 16.5. The second kappa shape index (κ2) is 6.53. The van der Waals surface area contributed by atoms with E-state index in [2.05, 4.69) is 13.8 Å². The van der Waals surface area contributed by atoms with E-state index >= 15 is 0 Å². The van der Waals surface area contributed by atoms with Crippen LogP contribution in [0.15, 0.2) is 34.7 Å². The van der Waals surface area contributed by atoms with Gasteiger partial charge >= 0.3 is 0 Å². The Hall–Kier alpha value is -1.81. The highest BCUT2D eigenvalue weighted by Gasteiger charge is 2.25. The van der Waals surface area contributed by atoms with Crippen molar-refractivity contribution in [2.45, 2.75) is 20.3 Å². The van der Waals surface area contributed by atoms with Crippen LogP contribution in [0.4, 0.5) is 0 Å². The molecule has 4 nitrogen and oxygen atoms in total. The van der Waals surface area contributed by atoms with Crippen molar-refractivity contribution >= 4 is 16.9 Å². The number of fused-ring (bicyclic) bond motifs is 1. The van der Waals surface area contributed by atoms with E-state index in [9.17, 15) is 4.79 Å². The van der Waals surface area contributed by atoms with E-state index in [4.69, 9.17) is 9.15 Å². The first kappa shape index (κ1) is 15.1. The predicted molar refractivity (Wildman–Crippen MR) is 85.9 cm³/mol. The van der Waals surface area contributed by atoms with Gasteiger partial charge in [-0.3, -0.25) is 4.79 Å². The molecule has 1 atom stereocenters. The van der Waals surface area contributed by atoms with E-state index in [1.807, 2.05) is 35.2 Å². The standard InChI is InChI=1S/C18H23NO3/c1-13(2)10-19(11-14-7-8-21-12-14)18(20)17-9-15-5-3-4-6-16(15)22-17/h3-6,9,13-14H,7-8,10-12H2,1-2H3/t14-/m0/s1. The van der Waals surface area contributed by atoms with E-state index in [0.29, 0.717) is 17.6 Å². The molecule has 1 saturated heterocycles. The molecule has 1 fully saturated rings. The van der Waals surface area contributed by atoms with Crippen LogP contribution in [0.2, 0.25) is 0 Å². The van der Waals surface area contributed by atoms with E-state index < -0.39 is 0 Å². The quantitative estimate of drug-likeness (QED) is 0.848. The van der Waals surface area contributed by atoms with Gasteiger partial charge in [0.05, 0.1) is 6.61 Å². The number of rotatable bonds is 5. The second-order valence-corrected chi connectivity index (χ2v) is 6.48. The molecule has 1 amide bonds. The fourth-order valence-electron chi connectivity index (χ4n) is 2.96. The third kappa shape index (κ3) is 3.33. The summed E-state index contributed by atoms with van der Waals surface area (Å²) < 4.78 is 11.2. The van der Waals surface area contributed by atoms with Gasteiger partial charge < -0.3 is 14.1 Å². The molecule has 4 heteroatoms. The molecule has 0 bridgehead atoms. The average Bonchev–Trinajstić information content (AvgIpc) is 3.14. The largest absolute Gasteiger partial charge is 0.451 e. The van der Waals surface area contributed by atoms with Crippen LogP contribution in [0.3, 0.4) is 0 Å². The van der Waals surface area contributed by atoms with Gasteiger partial charge in [-0.05, 0) is 24.5 Å². The lowest BCUT2D eigenvalue weighted by atomic mass is 10.1. The predicted octanol–water partition coefficient (Wildman–Crippen LogP) is 3.57. The van der Waals surface area contributed by atoms with Crippen LogP contribution in [0.5, 0.6) is 0 Å². The zero-order chi connectivity index (χ0) is 15.5. The molecule has 1 aromatic heterocycles. The van der Waals surface area contributed by atoms with Crippen molar-refractivity contribution < 1.29 is 13.9 Å². The Morgan fingerprint density at radius 1 is 1.36 bits per heavy atom. The number of hydrogen-bond donors (Lipinski definition) is 0. The number of nitrogens with zero attached hydrogens (tertiary/aromatic N) is 1. The maximum absolute atomic E-state index is 12.8. The molecule has 1 aromatic carbocycles. The third-order valence-electron chi connectivity index (χ3n) is 4.01. The monoisotopic (exact) mass is 301 g/mol. The van der Waals surface area contributed by atoms with Gasteiger partial charge in [0, 0.05) is 31.0 Å². The smallest absolute Gasteiger partial charge is 0.289 e. The summed E-state index contributed by atoms with van der Waals surface area (Å²) in [7, 11) is 0. The number of benzene rings is 1. The van der Waals surface area contributed by atoms with Gasteiger partial charge in [-0.1, -0.05) is 32.0 Å². The van der Waals surface area contributed by atoms with Gasteiger partial charge in [0.25, 0.3) is 5.91 Å². The van der Waals surface area contributed by atoms with E-state index in [0.717, 1.165) is 43.7 Å². The molecule has 3 rings (SSSR count). The molecule has 118 valence electrons. The van der Waals surface area contributed by atoms with Crippen LogP contribution in [-0.4, -0.2) is 37.1 Å². The minimum absolute atomic E-state index is 0.0169. The first-order valence-corrected chi connectivity index (χ1v) is 7.99. The maximum Gasteiger partial charge on any atom is 0.289 e. The summed E-state index contributed by atoms with van der Waals surface area (Å²) in [6, 6.07) is 9.57. The summed E-state index contributed by atoms with van der Waals surface area (Å²) in [6.07, 6.45) is 1.03. The summed E-state index contributed by atoms with van der Waals surface area (Å²) >= 11 is 0. The Bertz CT molecular complexity index is 608. The normalized spacial score (nSPS) is 18.2. The summed E-state index contributed by atoms with van der Waals surface area (Å²) in [4.78, 5) is 14.7. The summed E-state index contributed by atoms with van der Waals surface area (Å²) in [5.74, 6) is 1.28. The number of carbonyl (C=O) groups is 1. The molecule has 0 radical (unpaired) electrons. The number of furan rings is 1. The molecule has 1 aliphatic rings. The van der Waals surface area contributed by atoms with Crippen molar-refractivity contribution in [2.75, 3.05) is 26.3 Å². The third-order valence-corrected chi connectivity index (χ3v) is 4.01. The molecule has 0 saturated carbocycles. The first-order valence-electron chi connectivity index (χ1n) is 7.99. The highest BCUT2D eigenvalue weighted by Crippen LogP contribution is 2.22. The van der Waals surface area contributed by atoms with Crippen molar-refractivity contribution in [1.29, 1.82) is 0 Å². The van der Waals surface area contributed by atoms with Crippen LogP contribution >= 0.6 is 0 Å². The van der Waals surface area contributed by atoms with Crippen LogP contribution in [-0.2, 0) is 4.74 Å². The van der Waals surface area contributed by atoms with E-state index in [1.165, 1.54) is 0 Å². The Morgan fingerprint density at radius 3 is 2.86 bits per heavy atom. The summed E-state index contributed by atoms with van der Waals surface area (Å²) in [6.45, 7) is 7.30. The zero-order valence-electron chi connectivity index (χ0n) is 13.2. The Balaban J connectivity index is 1.80. The van der Waals surface area contributed by atoms with Crippen LogP contribution in [0, 0.1) is 11.8 Å². The lowest BCUT2D eigenvalue weighted by molar-refractivity contribution is 0.0669. The number of carbonyl (C=O) groups excluding carboxylic acids is 1. The average molecular weight is 301 g/mol. The van der Waals surface area contributed by atoms with Gasteiger partial charge in [0.15, 0.2) is 5.76 Å². The Morgan fingerprint density at radius 2 is 2.18 bits per heavy atom. The Labute approximate surface area is 131 Å². The highest BCUT2D eigenvalue weighted by molar-refractivity contribution is 5.96. The summed E-state index contributed by atoms with van der Waals surface area (Å²) in [5, 5.41) is 0.972. The Kier molecular flexibility index (Phi) is 4.48. The molecule has 0 spiro atoms. The lowest BCUT2D eigenvalue weighted by Gasteiger charge is -2.26. The molecule has 0 N–H and O–H groups in total. The van der Waals surface area contributed by atoms with Gasteiger partial charge in [0.1, 0.15) is 5.58 Å². The number of amides is 1. The topological polar surface area (TPSA) is 42.7 Å². The number of para-hydroxylation sites is 1. The van der Waals surface area contributed by atoms with Gasteiger partial charge in [-0.15, -0.1) is 0 Å². The van der Waals surface area contributed by atoms with Gasteiger partial charge in [-0.2, -0.15) is 0 Å². The summed E-state index contributed by atoms with van der Waals surface area (Å²) in [5.41, 5.74) is 0.763. The molecule has 1 aliphatic heterocycles.